The van der Waals surface area contributed by atoms with Crippen LogP contribution in [0.5, 0.6) is 0 Å². The maximum absolute atomic E-state index is 11.9. The summed E-state index contributed by atoms with van der Waals surface area (Å²) in [4.78, 5) is 6.37. The Hall–Kier alpha value is -0.880. The number of rotatable bonds is 3. The molecule has 2 aliphatic carbocycles. The first kappa shape index (κ1) is 10.3. The van der Waals surface area contributed by atoms with E-state index in [1.54, 1.807) is 0 Å². The topological polar surface area (TPSA) is 74.8 Å². The molecular formula is C10H15N3O2S. The molecule has 1 aromatic rings. The predicted molar refractivity (Wildman–Crippen MR) is 58.1 cm³/mol. The average Bonchev–Trinajstić information content (AvgIpc) is 2.94. The van der Waals surface area contributed by atoms with Gasteiger partial charge in [0.1, 0.15) is 0 Å². The molecule has 2 aliphatic rings. The van der Waals surface area contributed by atoms with Gasteiger partial charge >= 0.3 is 0 Å². The van der Waals surface area contributed by atoms with E-state index in [2.05, 4.69) is 14.7 Å². The molecule has 2 saturated carbocycles. The number of aromatic nitrogens is 2. The second kappa shape index (κ2) is 3.56. The van der Waals surface area contributed by atoms with Gasteiger partial charge in [0.25, 0.3) is 10.0 Å². The highest BCUT2D eigenvalue weighted by atomic mass is 32.2. The number of imidazole rings is 1. The van der Waals surface area contributed by atoms with Gasteiger partial charge < -0.3 is 4.98 Å². The molecule has 1 aromatic heterocycles. The van der Waals surface area contributed by atoms with E-state index in [1.165, 1.54) is 31.8 Å². The number of nitrogens with one attached hydrogen (secondary N) is 2. The van der Waals surface area contributed by atoms with Gasteiger partial charge in [0, 0.05) is 6.04 Å². The fraction of sp³-hybridized carbons (Fsp3) is 0.700. The molecule has 2 fully saturated rings. The zero-order valence-electron chi connectivity index (χ0n) is 8.89. The smallest absolute Gasteiger partial charge is 0.257 e. The third kappa shape index (κ3) is 1.66. The van der Waals surface area contributed by atoms with Crippen molar-refractivity contribution in [2.75, 3.05) is 0 Å². The van der Waals surface area contributed by atoms with Crippen LogP contribution < -0.4 is 4.72 Å². The summed E-state index contributed by atoms with van der Waals surface area (Å²) in [6.07, 6.45) is 7.35. The molecule has 0 amide bonds. The minimum Gasteiger partial charge on any atom is -0.335 e. The van der Waals surface area contributed by atoms with E-state index in [0.29, 0.717) is 5.92 Å². The highest BCUT2D eigenvalue weighted by Crippen LogP contribution is 2.44. The Morgan fingerprint density at radius 2 is 2.25 bits per heavy atom. The van der Waals surface area contributed by atoms with Crippen LogP contribution in [0.15, 0.2) is 17.6 Å². The SMILES string of the molecule is O=S(=O)(NC1CC2CCC1C2)c1cnc[nH]1. The minimum atomic E-state index is -3.39. The van der Waals surface area contributed by atoms with Crippen LogP contribution in [-0.4, -0.2) is 24.4 Å². The van der Waals surface area contributed by atoms with Crippen LogP contribution in [0.4, 0.5) is 0 Å². The van der Waals surface area contributed by atoms with Crippen molar-refractivity contribution < 1.29 is 8.42 Å². The monoisotopic (exact) mass is 241 g/mol. The van der Waals surface area contributed by atoms with Gasteiger partial charge in [0.05, 0.1) is 12.5 Å². The number of aromatic amines is 1. The zero-order valence-corrected chi connectivity index (χ0v) is 9.70. The summed E-state index contributed by atoms with van der Waals surface area (Å²) in [5.41, 5.74) is 0. The Bertz CT molecular complexity index is 468. The Kier molecular flexibility index (Phi) is 2.29. The normalized spacial score (nSPS) is 33.4. The summed E-state index contributed by atoms with van der Waals surface area (Å²) in [5.74, 6) is 1.28. The fourth-order valence-corrected chi connectivity index (χ4v) is 4.26. The van der Waals surface area contributed by atoms with E-state index in [9.17, 15) is 8.42 Å². The summed E-state index contributed by atoms with van der Waals surface area (Å²) in [5, 5.41) is 0.162. The Morgan fingerprint density at radius 1 is 1.38 bits per heavy atom. The lowest BCUT2D eigenvalue weighted by Crippen LogP contribution is -2.38. The largest absolute Gasteiger partial charge is 0.335 e. The van der Waals surface area contributed by atoms with Crippen LogP contribution >= 0.6 is 0 Å². The van der Waals surface area contributed by atoms with Crippen LogP contribution in [0.1, 0.15) is 25.7 Å². The molecule has 2 bridgehead atoms. The third-order valence-corrected chi connectivity index (χ3v) is 5.22. The molecule has 3 atom stereocenters. The summed E-state index contributed by atoms with van der Waals surface area (Å²) in [6, 6.07) is 0.132. The second-order valence-corrected chi connectivity index (χ2v) is 6.50. The van der Waals surface area contributed by atoms with E-state index in [-0.39, 0.29) is 11.1 Å². The maximum atomic E-state index is 11.9. The van der Waals surface area contributed by atoms with Crippen LogP contribution in [0.25, 0.3) is 0 Å². The molecule has 0 spiro atoms. The van der Waals surface area contributed by atoms with Gasteiger partial charge in [-0.3, -0.25) is 0 Å². The van der Waals surface area contributed by atoms with E-state index in [0.717, 1.165) is 12.3 Å². The molecule has 88 valence electrons. The highest BCUT2D eigenvalue weighted by molar-refractivity contribution is 7.89. The summed E-state index contributed by atoms with van der Waals surface area (Å²) < 4.78 is 26.7. The van der Waals surface area contributed by atoms with Crippen molar-refractivity contribution in [3.63, 3.8) is 0 Å². The number of sulfonamides is 1. The van der Waals surface area contributed by atoms with Gasteiger partial charge in [-0.05, 0) is 31.1 Å². The van der Waals surface area contributed by atoms with Gasteiger partial charge in [-0.2, -0.15) is 0 Å². The second-order valence-electron chi connectivity index (χ2n) is 4.82. The summed E-state index contributed by atoms with van der Waals surface area (Å²) in [7, 11) is -3.39. The molecule has 2 N–H and O–H groups in total. The molecule has 3 unspecified atom stereocenters. The van der Waals surface area contributed by atoms with Gasteiger partial charge in [-0.25, -0.2) is 18.1 Å². The molecule has 0 radical (unpaired) electrons. The molecule has 5 nitrogen and oxygen atoms in total. The van der Waals surface area contributed by atoms with Gasteiger partial charge in [-0.15, -0.1) is 0 Å². The standard InChI is InChI=1S/C10H15N3O2S/c14-16(15,10-5-11-6-12-10)13-9-4-7-1-2-8(9)3-7/h5-9,13H,1-4H2,(H,11,12). The fourth-order valence-electron chi connectivity index (χ4n) is 3.04. The van der Waals surface area contributed by atoms with Crippen molar-refractivity contribution in [3.8, 4) is 0 Å². The summed E-state index contributed by atoms with van der Waals surface area (Å²) in [6.45, 7) is 0. The molecular weight excluding hydrogens is 226 g/mol. The first-order valence-electron chi connectivity index (χ1n) is 5.66. The number of nitrogens with zero attached hydrogens (tertiary/aromatic N) is 1. The van der Waals surface area contributed by atoms with Crippen LogP contribution in [0, 0.1) is 11.8 Å². The van der Waals surface area contributed by atoms with Gasteiger partial charge in [0.15, 0.2) is 5.03 Å². The Balaban J connectivity index is 1.76. The van der Waals surface area contributed by atoms with Crippen molar-refractivity contribution in [1.29, 1.82) is 0 Å². The van der Waals surface area contributed by atoms with Crippen LogP contribution in [0.3, 0.4) is 0 Å². The molecule has 16 heavy (non-hydrogen) atoms. The lowest BCUT2D eigenvalue weighted by Gasteiger charge is -2.22. The Labute approximate surface area is 94.7 Å². The first-order chi connectivity index (χ1) is 7.65. The zero-order chi connectivity index (χ0) is 11.2. The maximum Gasteiger partial charge on any atom is 0.257 e. The van der Waals surface area contributed by atoms with Crippen LogP contribution in [-0.2, 0) is 10.0 Å². The number of hydrogen-bond donors (Lipinski definition) is 2. The lowest BCUT2D eigenvalue weighted by atomic mass is 9.96. The predicted octanol–water partition coefficient (Wildman–Crippen LogP) is 0.877. The van der Waals surface area contributed by atoms with Gasteiger partial charge in [0.2, 0.25) is 0 Å². The quantitative estimate of drug-likeness (QED) is 0.824. The first-order valence-corrected chi connectivity index (χ1v) is 7.14. The molecule has 0 aromatic carbocycles. The number of hydrogen-bond acceptors (Lipinski definition) is 3. The van der Waals surface area contributed by atoms with E-state index in [1.807, 2.05) is 0 Å². The van der Waals surface area contributed by atoms with Gasteiger partial charge in [-0.1, -0.05) is 6.42 Å². The molecule has 3 rings (SSSR count). The van der Waals surface area contributed by atoms with E-state index < -0.39 is 10.0 Å². The molecule has 1 heterocycles. The third-order valence-electron chi connectivity index (χ3n) is 3.81. The minimum absolute atomic E-state index is 0.132. The highest BCUT2D eigenvalue weighted by Gasteiger charge is 2.41. The van der Waals surface area contributed by atoms with E-state index >= 15 is 0 Å². The molecule has 0 saturated heterocycles. The average molecular weight is 241 g/mol. The van der Waals surface area contributed by atoms with Crippen molar-refractivity contribution in [1.82, 2.24) is 14.7 Å². The van der Waals surface area contributed by atoms with Crippen molar-refractivity contribution >= 4 is 10.0 Å². The Morgan fingerprint density at radius 3 is 2.81 bits per heavy atom. The lowest BCUT2D eigenvalue weighted by molar-refractivity contribution is 0.390. The van der Waals surface area contributed by atoms with E-state index in [4.69, 9.17) is 0 Å². The van der Waals surface area contributed by atoms with Crippen molar-refractivity contribution in [2.24, 2.45) is 11.8 Å². The number of H-pyrrole nitrogens is 1. The molecule has 0 aliphatic heterocycles. The molecule has 6 heteroatoms. The van der Waals surface area contributed by atoms with Crippen molar-refractivity contribution in [3.05, 3.63) is 12.5 Å². The summed E-state index contributed by atoms with van der Waals surface area (Å²) >= 11 is 0. The van der Waals surface area contributed by atoms with Crippen LogP contribution in [0.2, 0.25) is 0 Å². The van der Waals surface area contributed by atoms with Crippen molar-refractivity contribution in [2.45, 2.75) is 36.8 Å². The number of fused-ring (bicyclic) bond motifs is 2.